The van der Waals surface area contributed by atoms with Crippen molar-refractivity contribution in [2.75, 3.05) is 31.2 Å². The van der Waals surface area contributed by atoms with Gasteiger partial charge in [-0.1, -0.05) is 86.6 Å². The number of nitrogens with two attached hydrogens (primary N) is 6. The highest BCUT2D eigenvalue weighted by Gasteiger charge is 2.42. The third-order valence-corrected chi connectivity index (χ3v) is 19.7. The molecule has 5 aromatic rings. The van der Waals surface area contributed by atoms with Gasteiger partial charge in [0.05, 0.1) is 12.5 Å². The first-order chi connectivity index (χ1) is 54.9. The molecule has 6 rings (SSSR count). The van der Waals surface area contributed by atoms with Crippen LogP contribution in [-0.4, -0.2) is 214 Å². The summed E-state index contributed by atoms with van der Waals surface area (Å²) in [6.07, 6.45) is -5.76. The molecular formula is C77H105N19O19S. The van der Waals surface area contributed by atoms with Crippen molar-refractivity contribution < 1.29 is 91.4 Å². The van der Waals surface area contributed by atoms with E-state index in [2.05, 4.69) is 68.8 Å². The SMILES string of the molecule is CC(=O)N[C@H]1CCSC[C@@H](C(=O)N[C@@H](Cc2ccc(OCCN)cc2)C(=O)N[C@@H](Cc2ccc3ccccc3c2)C(=O)N[C@@](C)(CC(C)C)C(=O)N[C@@H](CCC(N)=O)C(=O)N[C@@H](CC(N)=O)C(=O)NCCC(N)=O)NC(=O)[C@H](CCC(N)=O)NC(=O)[C@H](Cc2c[nH]c3ccccc23)NC(=O)[C@H]([C@@H](C)O)NC(=O)[C@H](CCC(N)=O)NC1=O. The van der Waals surface area contributed by atoms with Crippen molar-refractivity contribution in [2.24, 2.45) is 40.3 Å². The van der Waals surface area contributed by atoms with Gasteiger partial charge in [0, 0.05) is 87.8 Å². The molecule has 0 aliphatic carbocycles. The number of amides is 17. The highest BCUT2D eigenvalue weighted by Crippen LogP contribution is 2.24. The summed E-state index contributed by atoms with van der Waals surface area (Å²) in [7, 11) is 0. The van der Waals surface area contributed by atoms with Gasteiger partial charge in [0.25, 0.3) is 0 Å². The third kappa shape index (κ3) is 29.9. The molecule has 1 saturated heterocycles. The lowest BCUT2D eigenvalue weighted by Gasteiger charge is -2.35. The number of benzene rings is 4. The van der Waals surface area contributed by atoms with Gasteiger partial charge >= 0.3 is 0 Å². The lowest BCUT2D eigenvalue weighted by atomic mass is 9.88. The summed E-state index contributed by atoms with van der Waals surface area (Å²) < 4.78 is 5.72. The summed E-state index contributed by atoms with van der Waals surface area (Å²) in [5.41, 5.74) is 32.9. The molecule has 0 spiro atoms. The van der Waals surface area contributed by atoms with Crippen LogP contribution < -0.4 is 103 Å². The predicted molar refractivity (Wildman–Crippen MR) is 425 cm³/mol. The van der Waals surface area contributed by atoms with Crippen molar-refractivity contribution in [1.29, 1.82) is 0 Å². The fourth-order valence-corrected chi connectivity index (χ4v) is 13.8. The van der Waals surface area contributed by atoms with E-state index in [-0.39, 0.29) is 64.0 Å². The molecule has 628 valence electrons. The minimum atomic E-state index is -2.03. The summed E-state index contributed by atoms with van der Waals surface area (Å²) in [5, 5.41) is 43.9. The molecule has 1 aliphatic rings. The Kier molecular flexibility index (Phi) is 35.9. The first kappa shape index (κ1) is 92.6. The van der Waals surface area contributed by atoms with E-state index in [4.69, 9.17) is 39.1 Å². The molecule has 0 unspecified atom stereocenters. The Bertz CT molecular complexity index is 4390. The zero-order valence-corrected chi connectivity index (χ0v) is 65.9. The Labute approximate surface area is 672 Å². The number of aliphatic hydroxyl groups excluding tert-OH is 1. The van der Waals surface area contributed by atoms with Crippen LogP contribution in [0.4, 0.5) is 0 Å². The van der Waals surface area contributed by atoms with Crippen LogP contribution in [0, 0.1) is 5.92 Å². The molecule has 1 aromatic heterocycles. The van der Waals surface area contributed by atoms with Crippen molar-refractivity contribution in [2.45, 2.75) is 190 Å². The first-order valence-corrected chi connectivity index (χ1v) is 38.8. The summed E-state index contributed by atoms with van der Waals surface area (Å²) in [6.45, 7) is 6.97. The summed E-state index contributed by atoms with van der Waals surface area (Å²) in [6, 6.07) is 8.57. The molecule has 4 aromatic carbocycles. The number of primary amides is 5. The number of rotatable bonds is 38. The van der Waals surface area contributed by atoms with Gasteiger partial charge in [0.1, 0.15) is 78.3 Å². The highest BCUT2D eigenvalue weighted by molar-refractivity contribution is 7.99. The zero-order chi connectivity index (χ0) is 85.5. The lowest BCUT2D eigenvalue weighted by Crippen LogP contribution is -2.65. The van der Waals surface area contributed by atoms with Gasteiger partial charge in [0.15, 0.2) is 0 Å². The van der Waals surface area contributed by atoms with Crippen molar-refractivity contribution in [3.05, 3.63) is 114 Å². The predicted octanol–water partition coefficient (Wildman–Crippen LogP) is -4.34. The minimum Gasteiger partial charge on any atom is -0.492 e. The molecule has 12 atom stereocenters. The number of aromatic nitrogens is 1. The first-order valence-electron chi connectivity index (χ1n) is 37.6. The molecule has 0 saturated carbocycles. The Morgan fingerprint density at radius 1 is 0.595 bits per heavy atom. The van der Waals surface area contributed by atoms with E-state index in [1.807, 2.05) is 6.07 Å². The van der Waals surface area contributed by atoms with Gasteiger partial charge in [-0.2, -0.15) is 11.8 Å². The van der Waals surface area contributed by atoms with Crippen LogP contribution in [0.1, 0.15) is 116 Å². The van der Waals surface area contributed by atoms with Crippen LogP contribution in [0.15, 0.2) is 97.2 Å². The van der Waals surface area contributed by atoms with E-state index < -0.39 is 229 Å². The van der Waals surface area contributed by atoms with Crippen LogP contribution in [-0.2, 0) is 101 Å². The standard InChI is InChI=1S/C77H105N19O19S/c1-40(2)37-77(5,76(114)94-53(22-25-62(81)101)68(106)91-58(36-64(83)103)66(104)84-29-26-63(82)102)96-74(112)56(34-44-14-17-45-10-6-7-11-46(45)32-44)90-71(109)55(33-43-15-18-48(19-16-43)115-30-28-78)89-73(111)59-39-116-31-27-54(86-42(4)98)69(107)87-52(21-24-61(80)100)70(108)95-65(41(3)97)75(113)92-57(35-47-38-85-50-13-9-8-12-49(47)50)72(110)88-51(67(105)93-59)20-23-60(79)99/h6-19,32,38,40-41,51-59,65,85,97H,20-31,33-37,39,78H2,1-5H3,(H2,79,99)(H2,80,100)(H2,81,101)(H2,82,102)(H2,83,103)(H,84,104)(H,86,98)(H,87,107)(H,88,110)(H,89,111)(H,90,109)(H,91,106)(H,92,113)(H,93,105)(H,94,114)(H,95,108)(H,96,112)/t41-,51+,52+,53+,54+,55+,56+,57+,58+,59+,65+,77+/m1/s1. The quantitative estimate of drug-likeness (QED) is 0.0178. The van der Waals surface area contributed by atoms with E-state index in [1.165, 1.54) is 6.92 Å². The molecule has 38 nitrogen and oxygen atoms in total. The van der Waals surface area contributed by atoms with Crippen LogP contribution in [0.5, 0.6) is 5.75 Å². The fourth-order valence-electron chi connectivity index (χ4n) is 12.7. The highest BCUT2D eigenvalue weighted by atomic mass is 32.2. The Hall–Kier alpha value is -12.3. The average molecular weight is 1630 g/mol. The summed E-state index contributed by atoms with van der Waals surface area (Å²) >= 11 is 0.925. The van der Waals surface area contributed by atoms with Gasteiger partial charge in [-0.3, -0.25) is 81.5 Å². The number of para-hydroxylation sites is 1. The van der Waals surface area contributed by atoms with Gasteiger partial charge < -0.3 is 113 Å². The van der Waals surface area contributed by atoms with Gasteiger partial charge in [-0.25, -0.2) is 0 Å². The Balaban J connectivity index is 1.45. The van der Waals surface area contributed by atoms with Crippen LogP contribution in [0.3, 0.4) is 0 Å². The minimum absolute atomic E-state index is 0.119. The number of ether oxygens (including phenoxy) is 1. The molecule has 26 N–H and O–H groups in total. The smallest absolute Gasteiger partial charge is 0.246 e. The molecule has 1 fully saturated rings. The van der Waals surface area contributed by atoms with Gasteiger partial charge in [0.2, 0.25) is 100 Å². The van der Waals surface area contributed by atoms with Crippen molar-refractivity contribution in [3.63, 3.8) is 0 Å². The van der Waals surface area contributed by atoms with E-state index in [0.29, 0.717) is 38.7 Å². The summed E-state index contributed by atoms with van der Waals surface area (Å²) in [5.74, 6) is -17.6. The van der Waals surface area contributed by atoms with Crippen molar-refractivity contribution in [1.82, 2.24) is 68.8 Å². The number of H-pyrrole nitrogens is 1. The van der Waals surface area contributed by atoms with Crippen LogP contribution >= 0.6 is 11.8 Å². The maximum Gasteiger partial charge on any atom is 0.246 e. The normalized spacial score (nSPS) is 19.0. The van der Waals surface area contributed by atoms with Gasteiger partial charge in [-0.05, 0) is 103 Å². The number of nitrogens with one attached hydrogen (secondary N) is 13. The molecule has 39 heteroatoms. The maximum absolute atomic E-state index is 15.7. The number of thioether (sulfide) groups is 1. The Morgan fingerprint density at radius 3 is 1.78 bits per heavy atom. The summed E-state index contributed by atoms with van der Waals surface area (Å²) in [4.78, 5) is 239. The second kappa shape index (κ2) is 45.0. The molecule has 17 amide bonds. The number of fused-ring (bicyclic) bond motifs is 2. The number of aromatic amines is 1. The van der Waals surface area contributed by atoms with E-state index in [9.17, 15) is 57.8 Å². The van der Waals surface area contributed by atoms with Crippen LogP contribution in [0.2, 0.25) is 0 Å². The van der Waals surface area contributed by atoms with Crippen molar-refractivity contribution in [3.8, 4) is 5.75 Å². The molecular weight excluding hydrogens is 1530 g/mol. The third-order valence-electron chi connectivity index (χ3n) is 18.6. The second-order valence-corrected chi connectivity index (χ2v) is 30.0. The molecule has 2 heterocycles. The maximum atomic E-state index is 15.7. The zero-order valence-electron chi connectivity index (χ0n) is 65.1. The number of carbonyl (C=O) groups excluding carboxylic acids is 17. The molecule has 116 heavy (non-hydrogen) atoms. The monoisotopic (exact) mass is 1630 g/mol. The number of hydrogen-bond donors (Lipinski definition) is 20. The average Bonchev–Trinajstić information content (AvgIpc) is 1.68. The van der Waals surface area contributed by atoms with E-state index >= 15 is 28.8 Å². The Morgan fingerprint density at radius 2 is 1.16 bits per heavy atom. The molecule has 0 bridgehead atoms. The van der Waals surface area contributed by atoms with Crippen LogP contribution in [0.25, 0.3) is 21.7 Å². The lowest BCUT2D eigenvalue weighted by molar-refractivity contribution is -0.138. The fraction of sp³-hybridized carbons (Fsp3) is 0.468. The topological polar surface area (TPSA) is 636 Å². The van der Waals surface area contributed by atoms with E-state index in [0.717, 1.165) is 31.0 Å². The number of carbonyl (C=O) groups is 17. The second-order valence-electron chi connectivity index (χ2n) is 28.8. The number of hydrogen-bond acceptors (Lipinski definition) is 21. The molecule has 1 aliphatic heterocycles. The van der Waals surface area contributed by atoms with Crippen molar-refractivity contribution >= 4 is 134 Å². The van der Waals surface area contributed by atoms with Gasteiger partial charge in [-0.15, -0.1) is 0 Å². The largest absolute Gasteiger partial charge is 0.492 e. The number of aliphatic hydroxyl groups is 1. The van der Waals surface area contributed by atoms with E-state index in [1.54, 1.807) is 105 Å². The molecule has 0 radical (unpaired) electrons.